The smallest absolute Gasteiger partial charge is 0.383 e. The fraction of sp³-hybridized carbons (Fsp3) is 0.500. The third-order valence-corrected chi connectivity index (χ3v) is 5.22. The molecule has 176 valence electrons. The number of hydrogen-bond acceptors (Lipinski definition) is 6. The molecule has 0 aliphatic rings. The van der Waals surface area contributed by atoms with Crippen LogP contribution in [-0.2, 0) is 17.5 Å². The van der Waals surface area contributed by atoms with E-state index < -0.39 is 28.9 Å². The van der Waals surface area contributed by atoms with Crippen LogP contribution in [0.4, 0.5) is 24.7 Å². The van der Waals surface area contributed by atoms with Crippen LogP contribution < -0.4 is 21.9 Å². The van der Waals surface area contributed by atoms with Gasteiger partial charge in [0.1, 0.15) is 5.82 Å². The van der Waals surface area contributed by atoms with Gasteiger partial charge in [0, 0.05) is 19.3 Å². The summed E-state index contributed by atoms with van der Waals surface area (Å²) in [6.45, 7) is 7.86. The summed E-state index contributed by atoms with van der Waals surface area (Å²) in [7, 11) is 0. The van der Waals surface area contributed by atoms with Crippen molar-refractivity contribution in [2.75, 3.05) is 22.9 Å². The molecule has 2 aromatic heterocycles. The minimum atomic E-state index is -4.50. The van der Waals surface area contributed by atoms with Crippen LogP contribution in [0.3, 0.4) is 0 Å². The Hall–Kier alpha value is -2.76. The fourth-order valence-corrected chi connectivity index (χ4v) is 3.63. The number of carbonyl (C=O) groups excluding carboxylic acids is 1. The molecule has 0 radical (unpaired) electrons. The summed E-state index contributed by atoms with van der Waals surface area (Å²) in [4.78, 5) is 44.9. The van der Waals surface area contributed by atoms with Crippen LogP contribution >= 0.6 is 11.8 Å². The Morgan fingerprint density at radius 1 is 1.22 bits per heavy atom. The van der Waals surface area contributed by atoms with Crippen molar-refractivity contribution in [3.05, 3.63) is 44.7 Å². The predicted octanol–water partition coefficient (Wildman–Crippen LogP) is 2.97. The molecule has 32 heavy (non-hydrogen) atoms. The standard InChI is InChI=1S/C20H26F3N5O3S/c1-11(2)8-27(16-17(24)28(9-12(3)4)19(31)26-18(16)30)15(29)10-32-14-6-5-13(7-25-14)20(21,22)23/h5-7,11-12H,8-10,24H2,1-4H3,(H,26,30,31). The van der Waals surface area contributed by atoms with E-state index in [4.69, 9.17) is 5.73 Å². The summed E-state index contributed by atoms with van der Waals surface area (Å²) >= 11 is 0.936. The average Bonchev–Trinajstić information content (AvgIpc) is 2.67. The highest BCUT2D eigenvalue weighted by Crippen LogP contribution is 2.30. The van der Waals surface area contributed by atoms with Crippen molar-refractivity contribution in [3.63, 3.8) is 0 Å². The molecule has 2 aromatic rings. The first-order valence-corrected chi connectivity index (χ1v) is 10.9. The van der Waals surface area contributed by atoms with Gasteiger partial charge in [0.05, 0.1) is 16.3 Å². The van der Waals surface area contributed by atoms with E-state index in [9.17, 15) is 27.6 Å². The number of thioether (sulfide) groups is 1. The summed E-state index contributed by atoms with van der Waals surface area (Å²) in [6.07, 6.45) is -3.80. The predicted molar refractivity (Wildman–Crippen MR) is 118 cm³/mol. The summed E-state index contributed by atoms with van der Waals surface area (Å²) in [5, 5.41) is 0.225. The molecule has 0 saturated heterocycles. The summed E-state index contributed by atoms with van der Waals surface area (Å²) < 4.78 is 39.3. The second-order valence-electron chi connectivity index (χ2n) is 8.07. The maximum Gasteiger partial charge on any atom is 0.417 e. The lowest BCUT2D eigenvalue weighted by Crippen LogP contribution is -2.43. The minimum absolute atomic E-state index is 0.0302. The molecule has 8 nitrogen and oxygen atoms in total. The van der Waals surface area contributed by atoms with E-state index >= 15 is 0 Å². The van der Waals surface area contributed by atoms with Gasteiger partial charge in [0.15, 0.2) is 5.69 Å². The van der Waals surface area contributed by atoms with Crippen LogP contribution in [-0.4, -0.2) is 32.7 Å². The zero-order chi connectivity index (χ0) is 24.2. The Morgan fingerprint density at radius 2 is 1.88 bits per heavy atom. The molecule has 3 N–H and O–H groups in total. The number of nitrogen functional groups attached to an aromatic ring is 1. The molecular formula is C20H26F3N5O3S. The molecule has 0 fully saturated rings. The van der Waals surface area contributed by atoms with E-state index in [0.717, 1.165) is 17.8 Å². The van der Waals surface area contributed by atoms with Crippen molar-refractivity contribution < 1.29 is 18.0 Å². The van der Waals surface area contributed by atoms with Crippen molar-refractivity contribution in [1.29, 1.82) is 0 Å². The number of amides is 1. The molecule has 2 heterocycles. The van der Waals surface area contributed by atoms with E-state index in [1.807, 2.05) is 27.7 Å². The summed E-state index contributed by atoms with van der Waals surface area (Å²) in [6, 6.07) is 2.06. The topological polar surface area (TPSA) is 114 Å². The van der Waals surface area contributed by atoms with E-state index in [2.05, 4.69) is 9.97 Å². The molecule has 1 amide bonds. The number of carbonyl (C=O) groups is 1. The van der Waals surface area contributed by atoms with Gasteiger partial charge in [-0.25, -0.2) is 9.78 Å². The number of aromatic nitrogens is 3. The fourth-order valence-electron chi connectivity index (χ4n) is 2.91. The third kappa shape index (κ3) is 6.38. The van der Waals surface area contributed by atoms with E-state index in [1.54, 1.807) is 0 Å². The molecule has 0 saturated carbocycles. The molecule has 0 bridgehead atoms. The monoisotopic (exact) mass is 473 g/mol. The van der Waals surface area contributed by atoms with Gasteiger partial charge in [-0.2, -0.15) is 13.2 Å². The van der Waals surface area contributed by atoms with Crippen LogP contribution in [0.15, 0.2) is 32.9 Å². The molecule has 0 aliphatic heterocycles. The van der Waals surface area contributed by atoms with Crippen molar-refractivity contribution in [1.82, 2.24) is 14.5 Å². The first kappa shape index (κ1) is 25.5. The molecule has 0 atom stereocenters. The van der Waals surface area contributed by atoms with E-state index in [1.165, 1.54) is 15.5 Å². The van der Waals surface area contributed by atoms with Gasteiger partial charge >= 0.3 is 11.9 Å². The number of aromatic amines is 1. The number of H-pyrrole nitrogens is 1. The van der Waals surface area contributed by atoms with Gasteiger partial charge in [-0.05, 0) is 24.0 Å². The largest absolute Gasteiger partial charge is 0.417 e. The van der Waals surface area contributed by atoms with Gasteiger partial charge in [-0.3, -0.25) is 19.1 Å². The van der Waals surface area contributed by atoms with Crippen LogP contribution in [0.5, 0.6) is 0 Å². The highest BCUT2D eigenvalue weighted by Gasteiger charge is 2.31. The molecule has 2 rings (SSSR count). The summed E-state index contributed by atoms with van der Waals surface area (Å²) in [5.74, 6) is -0.758. The van der Waals surface area contributed by atoms with Crippen LogP contribution in [0, 0.1) is 11.8 Å². The lowest BCUT2D eigenvalue weighted by atomic mass is 10.2. The van der Waals surface area contributed by atoms with Crippen molar-refractivity contribution in [3.8, 4) is 0 Å². The second-order valence-corrected chi connectivity index (χ2v) is 9.06. The van der Waals surface area contributed by atoms with Crippen molar-refractivity contribution in [2.24, 2.45) is 11.8 Å². The zero-order valence-corrected chi connectivity index (χ0v) is 19.0. The molecule has 0 aromatic carbocycles. The number of alkyl halides is 3. The molecule has 0 aliphatic carbocycles. The third-order valence-electron chi connectivity index (χ3n) is 4.29. The highest BCUT2D eigenvalue weighted by atomic mass is 32.2. The Morgan fingerprint density at radius 3 is 2.38 bits per heavy atom. The van der Waals surface area contributed by atoms with Crippen LogP contribution in [0.2, 0.25) is 0 Å². The van der Waals surface area contributed by atoms with Crippen molar-refractivity contribution in [2.45, 2.75) is 45.4 Å². The minimum Gasteiger partial charge on any atom is -0.383 e. The Labute approximate surface area is 187 Å². The number of hydrogen-bond donors (Lipinski definition) is 2. The van der Waals surface area contributed by atoms with Gasteiger partial charge in [0.25, 0.3) is 5.56 Å². The van der Waals surface area contributed by atoms with Gasteiger partial charge in [-0.15, -0.1) is 0 Å². The maximum absolute atomic E-state index is 13.0. The number of nitrogens with two attached hydrogens (primary N) is 1. The lowest BCUT2D eigenvalue weighted by molar-refractivity contribution is -0.137. The maximum atomic E-state index is 13.0. The van der Waals surface area contributed by atoms with E-state index in [0.29, 0.717) is 6.20 Å². The second kappa shape index (κ2) is 10.2. The zero-order valence-electron chi connectivity index (χ0n) is 18.2. The number of nitrogens with one attached hydrogen (secondary N) is 1. The SMILES string of the molecule is CC(C)CN(C(=O)CSc1ccc(C(F)(F)F)cn1)c1c(N)n(CC(C)C)c(=O)[nH]c1=O. The normalized spacial score (nSPS) is 11.9. The van der Waals surface area contributed by atoms with Crippen LogP contribution in [0.1, 0.15) is 33.3 Å². The Balaban J connectivity index is 2.33. The van der Waals surface area contributed by atoms with Gasteiger partial charge in [-0.1, -0.05) is 39.5 Å². The van der Waals surface area contributed by atoms with Crippen LogP contribution in [0.25, 0.3) is 0 Å². The average molecular weight is 474 g/mol. The molecule has 12 heteroatoms. The number of halogens is 3. The highest BCUT2D eigenvalue weighted by molar-refractivity contribution is 7.99. The Kier molecular flexibility index (Phi) is 8.16. The van der Waals surface area contributed by atoms with Gasteiger partial charge < -0.3 is 10.6 Å². The van der Waals surface area contributed by atoms with Crippen molar-refractivity contribution >= 4 is 29.2 Å². The molecule has 0 unspecified atom stereocenters. The number of pyridine rings is 1. The first-order chi connectivity index (χ1) is 14.8. The number of rotatable bonds is 8. The lowest BCUT2D eigenvalue weighted by Gasteiger charge is -2.26. The summed E-state index contributed by atoms with van der Waals surface area (Å²) in [5.41, 5.74) is 3.69. The molecular weight excluding hydrogens is 447 g/mol. The Bertz CT molecular complexity index is 1060. The number of anilines is 2. The number of nitrogens with zero attached hydrogens (tertiary/aromatic N) is 3. The van der Waals surface area contributed by atoms with E-state index in [-0.39, 0.29) is 47.2 Å². The quantitative estimate of drug-likeness (QED) is 0.570. The molecule has 0 spiro atoms. The van der Waals surface area contributed by atoms with Gasteiger partial charge in [0.2, 0.25) is 5.91 Å². The first-order valence-electron chi connectivity index (χ1n) is 9.90.